The molecule has 0 bridgehead atoms. The van der Waals surface area contributed by atoms with Gasteiger partial charge in [-0.05, 0) is 112 Å². The standard InChI is InChI=1S/C34H60NO5P/c1-29(2)17-14-20-32(5)23-15-21-30(3)18-10-11-19-31(4)22-16-24-33(6)25-26-34(36)35-27-12-8-9-13-28-40-41(37,38)39-7/h17-19,23-24H,8-16,20-22,25-28H2,1-7H3,(H,35,36)(H,37,38)/b30-18+,31-19+,32-23+,33-24+. The number of phosphoric ester groups is 1. The third-order valence-corrected chi connectivity index (χ3v) is 7.90. The first kappa shape index (κ1) is 39.3. The molecule has 0 radical (unpaired) electrons. The zero-order chi connectivity index (χ0) is 30.9. The topological polar surface area (TPSA) is 84.9 Å². The van der Waals surface area contributed by atoms with E-state index in [1.807, 2.05) is 0 Å². The van der Waals surface area contributed by atoms with Crippen molar-refractivity contribution in [3.63, 3.8) is 0 Å². The minimum absolute atomic E-state index is 0.0902. The summed E-state index contributed by atoms with van der Waals surface area (Å²) in [5, 5.41) is 2.98. The Labute approximate surface area is 252 Å². The Morgan fingerprint density at radius 2 is 1.12 bits per heavy atom. The van der Waals surface area contributed by atoms with Crippen LogP contribution in [-0.4, -0.2) is 31.1 Å². The SMILES string of the molecule is COP(=O)(O)OCCCCCCNC(=O)CC/C(C)=C/CC/C(C)=C/CC/C=C(\C)CC/C=C(\C)CCC=C(C)C. The van der Waals surface area contributed by atoms with Crippen LogP contribution in [0, 0.1) is 0 Å². The van der Waals surface area contributed by atoms with E-state index in [4.69, 9.17) is 9.42 Å². The monoisotopic (exact) mass is 593 g/mol. The summed E-state index contributed by atoms with van der Waals surface area (Å²) in [6.45, 7) is 14.0. The van der Waals surface area contributed by atoms with E-state index in [-0.39, 0.29) is 12.5 Å². The molecule has 0 aromatic heterocycles. The number of carbonyl (C=O) groups excluding carboxylic acids is 1. The van der Waals surface area contributed by atoms with E-state index < -0.39 is 7.82 Å². The average molecular weight is 594 g/mol. The third kappa shape index (κ3) is 26.9. The van der Waals surface area contributed by atoms with E-state index in [1.165, 1.54) is 27.9 Å². The molecule has 0 aromatic rings. The van der Waals surface area contributed by atoms with Gasteiger partial charge in [-0.3, -0.25) is 13.8 Å². The molecule has 0 aliphatic heterocycles. The Balaban J connectivity index is 3.95. The molecule has 7 heteroatoms. The highest BCUT2D eigenvalue weighted by molar-refractivity contribution is 7.47. The van der Waals surface area contributed by atoms with Crippen LogP contribution in [0.3, 0.4) is 0 Å². The van der Waals surface area contributed by atoms with Gasteiger partial charge in [0.15, 0.2) is 0 Å². The molecule has 41 heavy (non-hydrogen) atoms. The summed E-state index contributed by atoms with van der Waals surface area (Å²) in [5.41, 5.74) is 7.08. The van der Waals surface area contributed by atoms with Crippen molar-refractivity contribution >= 4 is 13.7 Å². The fourth-order valence-corrected chi connectivity index (χ4v) is 4.65. The van der Waals surface area contributed by atoms with Crippen LogP contribution in [-0.2, 0) is 18.4 Å². The van der Waals surface area contributed by atoms with Crippen molar-refractivity contribution in [2.75, 3.05) is 20.3 Å². The fourth-order valence-electron chi connectivity index (χ4n) is 4.19. The Morgan fingerprint density at radius 1 is 0.659 bits per heavy atom. The molecule has 2 N–H and O–H groups in total. The van der Waals surface area contributed by atoms with E-state index in [0.29, 0.717) is 19.4 Å². The Hall–Kier alpha value is -1.72. The van der Waals surface area contributed by atoms with Gasteiger partial charge in [0.2, 0.25) is 5.91 Å². The lowest BCUT2D eigenvalue weighted by Crippen LogP contribution is -2.24. The van der Waals surface area contributed by atoms with Crippen molar-refractivity contribution in [3.8, 4) is 0 Å². The lowest BCUT2D eigenvalue weighted by molar-refractivity contribution is -0.121. The van der Waals surface area contributed by atoms with Gasteiger partial charge >= 0.3 is 7.82 Å². The molecule has 0 heterocycles. The molecule has 0 aromatic carbocycles. The molecule has 0 rings (SSSR count). The number of unbranched alkanes of at least 4 members (excludes halogenated alkanes) is 4. The van der Waals surface area contributed by atoms with Crippen molar-refractivity contribution in [1.29, 1.82) is 0 Å². The summed E-state index contributed by atoms with van der Waals surface area (Å²) >= 11 is 0. The summed E-state index contributed by atoms with van der Waals surface area (Å²) in [5.74, 6) is 0.0902. The predicted octanol–water partition coefficient (Wildman–Crippen LogP) is 10.1. The molecule has 1 unspecified atom stereocenters. The quantitative estimate of drug-likeness (QED) is 0.0661. The highest BCUT2D eigenvalue weighted by Crippen LogP contribution is 2.41. The maximum atomic E-state index is 12.1. The highest BCUT2D eigenvalue weighted by atomic mass is 31.2. The number of amides is 1. The first-order valence-corrected chi connectivity index (χ1v) is 17.0. The van der Waals surface area contributed by atoms with Crippen LogP contribution in [0.15, 0.2) is 58.2 Å². The van der Waals surface area contributed by atoms with E-state index in [1.54, 1.807) is 0 Å². The van der Waals surface area contributed by atoms with Crippen molar-refractivity contribution < 1.29 is 23.3 Å². The maximum Gasteiger partial charge on any atom is 0.471 e. The minimum atomic E-state index is -3.86. The van der Waals surface area contributed by atoms with E-state index >= 15 is 0 Å². The van der Waals surface area contributed by atoms with Crippen LogP contribution >= 0.6 is 7.82 Å². The summed E-state index contributed by atoms with van der Waals surface area (Å²) in [4.78, 5) is 21.2. The molecule has 0 spiro atoms. The molecular weight excluding hydrogens is 533 g/mol. The molecule has 1 atom stereocenters. The molecule has 6 nitrogen and oxygen atoms in total. The fraction of sp³-hybridized carbons (Fsp3) is 0.676. The van der Waals surface area contributed by atoms with Gasteiger partial charge in [-0.15, -0.1) is 0 Å². The van der Waals surface area contributed by atoms with E-state index in [9.17, 15) is 9.36 Å². The Bertz CT molecular complexity index is 925. The van der Waals surface area contributed by atoms with Gasteiger partial charge in [0.05, 0.1) is 6.61 Å². The largest absolute Gasteiger partial charge is 0.471 e. The second-order valence-electron chi connectivity index (χ2n) is 11.4. The molecule has 236 valence electrons. The number of rotatable bonds is 24. The second kappa shape index (κ2) is 24.8. The van der Waals surface area contributed by atoms with Crippen LogP contribution in [0.1, 0.15) is 131 Å². The van der Waals surface area contributed by atoms with Crippen LogP contribution in [0.5, 0.6) is 0 Å². The van der Waals surface area contributed by atoms with Crippen molar-refractivity contribution in [2.45, 2.75) is 131 Å². The van der Waals surface area contributed by atoms with Gasteiger partial charge in [0, 0.05) is 20.1 Å². The van der Waals surface area contributed by atoms with Gasteiger partial charge in [-0.1, -0.05) is 71.1 Å². The molecule has 0 saturated carbocycles. The lowest BCUT2D eigenvalue weighted by Gasteiger charge is -2.09. The van der Waals surface area contributed by atoms with Crippen molar-refractivity contribution in [1.82, 2.24) is 5.32 Å². The number of phosphoric acid groups is 1. The van der Waals surface area contributed by atoms with Crippen LogP contribution in [0.25, 0.3) is 0 Å². The van der Waals surface area contributed by atoms with Crippen LogP contribution in [0.2, 0.25) is 0 Å². The van der Waals surface area contributed by atoms with Gasteiger partial charge in [-0.25, -0.2) is 4.57 Å². The number of hydrogen-bond acceptors (Lipinski definition) is 4. The normalized spacial score (nSPS) is 14.6. The molecule has 1 amide bonds. The molecule has 0 fully saturated rings. The van der Waals surface area contributed by atoms with E-state index in [0.717, 1.165) is 84.2 Å². The Kier molecular flexibility index (Phi) is 23.8. The summed E-state index contributed by atoms with van der Waals surface area (Å²) in [6.07, 6.45) is 25.3. The second-order valence-corrected chi connectivity index (χ2v) is 13.0. The van der Waals surface area contributed by atoms with E-state index in [2.05, 4.69) is 81.8 Å². The molecular formula is C34H60NO5P. The van der Waals surface area contributed by atoms with Crippen molar-refractivity contribution in [2.24, 2.45) is 0 Å². The molecule has 0 aliphatic rings. The number of carbonyl (C=O) groups is 1. The summed E-state index contributed by atoms with van der Waals surface area (Å²) in [7, 11) is -2.71. The minimum Gasteiger partial charge on any atom is -0.356 e. The number of allylic oxidation sites excluding steroid dienone is 10. The molecule has 0 aliphatic carbocycles. The summed E-state index contributed by atoms with van der Waals surface area (Å²) in [6, 6.07) is 0. The smallest absolute Gasteiger partial charge is 0.356 e. The third-order valence-electron chi connectivity index (χ3n) is 6.93. The van der Waals surface area contributed by atoms with Crippen LogP contribution < -0.4 is 5.32 Å². The Morgan fingerprint density at radius 3 is 1.63 bits per heavy atom. The number of nitrogens with one attached hydrogen (secondary N) is 1. The first-order chi connectivity index (χ1) is 19.4. The summed E-state index contributed by atoms with van der Waals surface area (Å²) < 4.78 is 20.3. The number of hydrogen-bond donors (Lipinski definition) is 2. The molecule has 0 saturated heterocycles. The maximum absolute atomic E-state index is 12.1. The van der Waals surface area contributed by atoms with Crippen molar-refractivity contribution in [3.05, 3.63) is 58.2 Å². The average Bonchev–Trinajstić information content (AvgIpc) is 2.91. The lowest BCUT2D eigenvalue weighted by atomic mass is 10.0. The van der Waals surface area contributed by atoms with Gasteiger partial charge in [0.1, 0.15) is 0 Å². The predicted molar refractivity (Wildman–Crippen MR) is 175 cm³/mol. The zero-order valence-corrected chi connectivity index (χ0v) is 28.1. The van der Waals surface area contributed by atoms with Gasteiger partial charge in [-0.2, -0.15) is 0 Å². The van der Waals surface area contributed by atoms with Crippen LogP contribution in [0.4, 0.5) is 0 Å². The van der Waals surface area contributed by atoms with Gasteiger partial charge in [0.25, 0.3) is 0 Å². The zero-order valence-electron chi connectivity index (χ0n) is 27.2. The highest BCUT2D eigenvalue weighted by Gasteiger charge is 2.17. The van der Waals surface area contributed by atoms with Gasteiger partial charge < -0.3 is 10.2 Å². The first-order valence-electron chi connectivity index (χ1n) is 15.5.